The monoisotopic (exact) mass is 495 g/mol. The molecule has 1 fully saturated rings. The normalized spacial score (nSPS) is 15.0. The molecule has 0 spiro atoms. The first-order chi connectivity index (χ1) is 17.3. The minimum absolute atomic E-state index is 0.0959. The second kappa shape index (κ2) is 11.5. The summed E-state index contributed by atoms with van der Waals surface area (Å²) < 4.78 is 33.0. The van der Waals surface area contributed by atoms with Crippen LogP contribution in [0.3, 0.4) is 0 Å². The highest BCUT2D eigenvalue weighted by molar-refractivity contribution is 5.87. The van der Waals surface area contributed by atoms with E-state index < -0.39 is 11.6 Å². The Bertz CT molecular complexity index is 1100. The van der Waals surface area contributed by atoms with Crippen molar-refractivity contribution in [2.24, 2.45) is 11.7 Å². The van der Waals surface area contributed by atoms with E-state index in [1.807, 2.05) is 6.07 Å². The summed E-state index contributed by atoms with van der Waals surface area (Å²) in [6.07, 6.45) is 2.30. The number of piperidine rings is 1. The Morgan fingerprint density at radius 1 is 1.00 bits per heavy atom. The Labute approximate surface area is 209 Å². The highest BCUT2D eigenvalue weighted by Gasteiger charge is 2.41. The van der Waals surface area contributed by atoms with Crippen LogP contribution in [0.4, 0.5) is 19.3 Å². The van der Waals surface area contributed by atoms with Crippen molar-refractivity contribution in [1.29, 1.82) is 0 Å². The maximum Gasteiger partial charge on any atom is 0.316 e. The van der Waals surface area contributed by atoms with Crippen LogP contribution in [-0.2, 0) is 5.60 Å². The fourth-order valence-electron chi connectivity index (χ4n) is 4.90. The number of amides is 2. The summed E-state index contributed by atoms with van der Waals surface area (Å²) in [4.78, 5) is 13.3. The van der Waals surface area contributed by atoms with E-state index in [9.17, 15) is 18.7 Å². The first-order valence-corrected chi connectivity index (χ1v) is 12.1. The Kier molecular flexibility index (Phi) is 8.18. The van der Waals surface area contributed by atoms with Crippen LogP contribution in [0.2, 0.25) is 0 Å². The first kappa shape index (κ1) is 25.6. The second-order valence-corrected chi connectivity index (χ2v) is 9.12. The van der Waals surface area contributed by atoms with E-state index in [2.05, 4.69) is 10.2 Å². The summed E-state index contributed by atoms with van der Waals surface area (Å²) in [7, 11) is 0. The zero-order valence-electron chi connectivity index (χ0n) is 20.0. The number of anilines is 1. The molecular formula is C28H31F2N3O3. The summed E-state index contributed by atoms with van der Waals surface area (Å²) in [6.45, 7) is 2.97. The van der Waals surface area contributed by atoms with E-state index >= 15 is 0 Å². The van der Waals surface area contributed by atoms with Crippen LogP contribution in [0, 0.1) is 17.6 Å². The molecule has 1 heterocycles. The zero-order chi connectivity index (χ0) is 25.5. The van der Waals surface area contributed by atoms with E-state index in [-0.39, 0.29) is 17.6 Å². The molecule has 0 unspecified atom stereocenters. The Hall–Kier alpha value is -3.49. The van der Waals surface area contributed by atoms with Crippen LogP contribution in [0.1, 0.15) is 30.4 Å². The lowest BCUT2D eigenvalue weighted by Crippen LogP contribution is -2.44. The van der Waals surface area contributed by atoms with Gasteiger partial charge in [-0.05, 0) is 85.8 Å². The fraction of sp³-hybridized carbons (Fsp3) is 0.321. The van der Waals surface area contributed by atoms with Gasteiger partial charge in [-0.3, -0.25) is 0 Å². The molecule has 190 valence electrons. The van der Waals surface area contributed by atoms with Gasteiger partial charge in [0, 0.05) is 18.3 Å². The molecule has 6 nitrogen and oxygen atoms in total. The minimum Gasteiger partial charge on any atom is -0.493 e. The molecule has 0 atom stereocenters. The molecule has 1 saturated heterocycles. The number of urea groups is 1. The van der Waals surface area contributed by atoms with Crippen molar-refractivity contribution in [2.45, 2.75) is 24.9 Å². The summed E-state index contributed by atoms with van der Waals surface area (Å²) in [5.74, 6) is -0.175. The van der Waals surface area contributed by atoms with Crippen molar-refractivity contribution in [3.8, 4) is 5.75 Å². The SMILES string of the molecule is NC(=O)Nc1cccc(OCCCN2CCC(C(O)(c3ccc(F)cc3)c3ccc(F)cc3)CC2)c1. The van der Waals surface area contributed by atoms with Crippen LogP contribution in [0.5, 0.6) is 5.75 Å². The second-order valence-electron chi connectivity index (χ2n) is 9.12. The maximum absolute atomic E-state index is 13.6. The molecule has 1 aliphatic heterocycles. The van der Waals surface area contributed by atoms with E-state index in [0.717, 1.165) is 38.9 Å². The molecule has 1 aliphatic rings. The third kappa shape index (κ3) is 6.19. The zero-order valence-corrected chi connectivity index (χ0v) is 20.0. The van der Waals surface area contributed by atoms with Crippen LogP contribution in [0.15, 0.2) is 72.8 Å². The van der Waals surface area contributed by atoms with Crippen LogP contribution in [-0.4, -0.2) is 42.3 Å². The molecule has 0 saturated carbocycles. The van der Waals surface area contributed by atoms with Crippen molar-refractivity contribution in [2.75, 3.05) is 31.6 Å². The van der Waals surface area contributed by atoms with Gasteiger partial charge in [-0.25, -0.2) is 13.6 Å². The number of likely N-dealkylation sites (tertiary alicyclic amines) is 1. The van der Waals surface area contributed by atoms with Crippen LogP contribution < -0.4 is 15.8 Å². The topological polar surface area (TPSA) is 87.8 Å². The molecule has 0 aromatic heterocycles. The molecular weight excluding hydrogens is 464 g/mol. The van der Waals surface area contributed by atoms with Gasteiger partial charge in [-0.15, -0.1) is 0 Å². The highest BCUT2D eigenvalue weighted by atomic mass is 19.1. The molecule has 0 bridgehead atoms. The lowest BCUT2D eigenvalue weighted by Gasteiger charge is -2.42. The van der Waals surface area contributed by atoms with Gasteiger partial charge in [0.25, 0.3) is 0 Å². The number of nitrogens with zero attached hydrogens (tertiary/aromatic N) is 1. The van der Waals surface area contributed by atoms with Gasteiger partial charge in [0.15, 0.2) is 0 Å². The quantitative estimate of drug-likeness (QED) is 0.370. The van der Waals surface area contributed by atoms with Crippen LogP contribution in [0.25, 0.3) is 0 Å². The van der Waals surface area contributed by atoms with E-state index in [1.54, 1.807) is 42.5 Å². The number of hydrogen-bond donors (Lipinski definition) is 3. The van der Waals surface area contributed by atoms with E-state index in [1.165, 1.54) is 24.3 Å². The highest BCUT2D eigenvalue weighted by Crippen LogP contribution is 2.42. The van der Waals surface area contributed by atoms with E-state index in [4.69, 9.17) is 10.5 Å². The van der Waals surface area contributed by atoms with Crippen molar-refractivity contribution in [1.82, 2.24) is 4.90 Å². The van der Waals surface area contributed by atoms with Crippen molar-refractivity contribution in [3.63, 3.8) is 0 Å². The van der Waals surface area contributed by atoms with Crippen LogP contribution >= 0.6 is 0 Å². The molecule has 3 aromatic rings. The number of hydrogen-bond acceptors (Lipinski definition) is 4. The lowest BCUT2D eigenvalue weighted by atomic mass is 9.72. The number of nitrogens with two attached hydrogens (primary N) is 1. The average molecular weight is 496 g/mol. The fourth-order valence-corrected chi connectivity index (χ4v) is 4.90. The molecule has 8 heteroatoms. The third-order valence-corrected chi connectivity index (χ3v) is 6.74. The number of nitrogens with one attached hydrogen (secondary N) is 1. The molecule has 4 rings (SSSR count). The van der Waals surface area contributed by atoms with Gasteiger partial charge in [0.1, 0.15) is 23.0 Å². The predicted octanol–water partition coefficient (Wildman–Crippen LogP) is 4.87. The summed E-state index contributed by atoms with van der Waals surface area (Å²) >= 11 is 0. The molecule has 2 amide bonds. The van der Waals surface area contributed by atoms with Gasteiger partial charge < -0.3 is 25.8 Å². The predicted molar refractivity (Wildman–Crippen MR) is 135 cm³/mol. The molecule has 0 aliphatic carbocycles. The van der Waals surface area contributed by atoms with Gasteiger partial charge in [-0.1, -0.05) is 30.3 Å². The summed E-state index contributed by atoms with van der Waals surface area (Å²) in [6, 6.07) is 18.3. The minimum atomic E-state index is -1.33. The third-order valence-electron chi connectivity index (χ3n) is 6.74. The number of primary amides is 1. The van der Waals surface area contributed by atoms with Gasteiger partial charge in [0.2, 0.25) is 0 Å². The number of carbonyl (C=O) groups excluding carboxylic acids is 1. The van der Waals surface area contributed by atoms with Gasteiger partial charge >= 0.3 is 6.03 Å². The largest absolute Gasteiger partial charge is 0.493 e. The number of carbonyl (C=O) groups is 1. The summed E-state index contributed by atoms with van der Waals surface area (Å²) in [5, 5.41) is 14.5. The number of benzene rings is 3. The van der Waals surface area contributed by atoms with Crippen molar-refractivity contribution < 1.29 is 23.4 Å². The number of ether oxygens (including phenoxy) is 1. The molecule has 0 radical (unpaired) electrons. The average Bonchev–Trinajstić information content (AvgIpc) is 2.87. The number of halogens is 2. The van der Waals surface area contributed by atoms with Gasteiger partial charge in [0.05, 0.1) is 6.61 Å². The Balaban J connectivity index is 1.33. The molecule has 36 heavy (non-hydrogen) atoms. The smallest absolute Gasteiger partial charge is 0.316 e. The Morgan fingerprint density at radius 3 is 2.14 bits per heavy atom. The van der Waals surface area contributed by atoms with E-state index in [0.29, 0.717) is 29.2 Å². The lowest BCUT2D eigenvalue weighted by molar-refractivity contribution is -0.0147. The van der Waals surface area contributed by atoms with Crippen molar-refractivity contribution >= 4 is 11.7 Å². The molecule has 4 N–H and O–H groups in total. The standard InChI is InChI=1S/C28H31F2N3O3/c29-23-9-5-20(6-10-23)28(35,21-7-11-24(30)12-8-21)22-13-16-33(17-14-22)15-2-18-36-26-4-1-3-25(19-26)32-27(31)34/h1,3-12,19,22,35H,2,13-18H2,(H3,31,32,34). The number of aliphatic hydroxyl groups is 1. The number of rotatable bonds is 9. The van der Waals surface area contributed by atoms with Gasteiger partial charge in [-0.2, -0.15) is 0 Å². The molecule has 3 aromatic carbocycles. The maximum atomic E-state index is 13.6. The summed E-state index contributed by atoms with van der Waals surface area (Å²) in [5.41, 5.74) is 5.61. The Morgan fingerprint density at radius 2 is 1.58 bits per heavy atom. The van der Waals surface area contributed by atoms with Crippen molar-refractivity contribution in [3.05, 3.63) is 95.6 Å². The first-order valence-electron chi connectivity index (χ1n) is 12.1.